The van der Waals surface area contributed by atoms with E-state index in [1.54, 1.807) is 11.3 Å². The molecule has 2 fully saturated rings. The van der Waals surface area contributed by atoms with E-state index in [9.17, 15) is 0 Å². The number of hydrogen-bond donors (Lipinski definition) is 2. The van der Waals surface area contributed by atoms with Crippen LogP contribution in [-0.2, 0) is 6.54 Å². The Morgan fingerprint density at radius 2 is 2.08 bits per heavy atom. The Kier molecular flexibility index (Phi) is 7.78. The van der Waals surface area contributed by atoms with E-state index in [4.69, 9.17) is 0 Å². The summed E-state index contributed by atoms with van der Waals surface area (Å²) in [6, 6.07) is 0.631. The molecule has 0 amide bonds. The highest BCUT2D eigenvalue weighted by molar-refractivity contribution is 14.0. The fraction of sp³-hybridized carbons (Fsp3) is 0.778. The molecule has 2 atom stereocenters. The molecule has 6 heteroatoms. The fourth-order valence-electron chi connectivity index (χ4n) is 3.66. The summed E-state index contributed by atoms with van der Waals surface area (Å²) in [6.45, 7) is 5.13. The van der Waals surface area contributed by atoms with Crippen LogP contribution in [0.3, 0.4) is 0 Å². The van der Waals surface area contributed by atoms with Gasteiger partial charge in [0.15, 0.2) is 5.96 Å². The standard InChI is InChI=1S/C18H30N4S.HI/c1-12(2)16-11-23-17(21-16)10-20-18(19-3)22-15-9-14(15)13-7-5-4-6-8-13;/h11-15H,4-10H2,1-3H3,(H2,19,20,22);1H. The number of thiazole rings is 1. The average molecular weight is 462 g/mol. The summed E-state index contributed by atoms with van der Waals surface area (Å²) in [5, 5.41) is 10.3. The summed E-state index contributed by atoms with van der Waals surface area (Å²) in [6.07, 6.45) is 8.50. The molecule has 0 spiro atoms. The second kappa shape index (κ2) is 9.36. The molecule has 2 aliphatic rings. The van der Waals surface area contributed by atoms with Crippen LogP contribution in [0.4, 0.5) is 0 Å². The molecule has 1 aromatic rings. The monoisotopic (exact) mass is 462 g/mol. The van der Waals surface area contributed by atoms with Crippen LogP contribution in [-0.4, -0.2) is 24.0 Å². The number of hydrogen-bond acceptors (Lipinski definition) is 3. The second-order valence-corrected chi connectivity index (χ2v) is 8.24. The quantitative estimate of drug-likeness (QED) is 0.385. The highest BCUT2D eigenvalue weighted by Crippen LogP contribution is 2.44. The molecular weight excluding hydrogens is 431 g/mol. The van der Waals surface area contributed by atoms with Gasteiger partial charge in [-0.05, 0) is 24.2 Å². The summed E-state index contributed by atoms with van der Waals surface area (Å²) >= 11 is 1.73. The van der Waals surface area contributed by atoms with Crippen molar-refractivity contribution in [3.63, 3.8) is 0 Å². The highest BCUT2D eigenvalue weighted by atomic mass is 127. The maximum atomic E-state index is 4.67. The van der Waals surface area contributed by atoms with Gasteiger partial charge in [0.1, 0.15) is 5.01 Å². The molecule has 0 bridgehead atoms. The van der Waals surface area contributed by atoms with Crippen molar-refractivity contribution in [2.75, 3.05) is 7.05 Å². The maximum absolute atomic E-state index is 4.67. The van der Waals surface area contributed by atoms with Crippen molar-refractivity contribution in [2.45, 2.75) is 70.9 Å². The molecule has 2 aliphatic carbocycles. The second-order valence-electron chi connectivity index (χ2n) is 7.30. The van der Waals surface area contributed by atoms with Gasteiger partial charge in [-0.15, -0.1) is 35.3 Å². The Morgan fingerprint density at radius 3 is 2.71 bits per heavy atom. The van der Waals surface area contributed by atoms with Crippen molar-refractivity contribution < 1.29 is 0 Å². The van der Waals surface area contributed by atoms with Crippen molar-refractivity contribution in [3.8, 4) is 0 Å². The Bertz CT molecular complexity index is 537. The smallest absolute Gasteiger partial charge is 0.191 e. The van der Waals surface area contributed by atoms with Crippen LogP contribution in [0.2, 0.25) is 0 Å². The molecule has 1 aromatic heterocycles. The van der Waals surface area contributed by atoms with E-state index in [-0.39, 0.29) is 24.0 Å². The number of nitrogens with zero attached hydrogens (tertiary/aromatic N) is 2. The lowest BCUT2D eigenvalue weighted by atomic mass is 9.85. The third-order valence-corrected chi connectivity index (χ3v) is 6.08. The minimum atomic E-state index is 0. The number of aliphatic imine (C=N–C) groups is 1. The van der Waals surface area contributed by atoms with Crippen LogP contribution in [0.25, 0.3) is 0 Å². The number of guanidine groups is 1. The number of halogens is 1. The van der Waals surface area contributed by atoms with Crippen LogP contribution in [0.5, 0.6) is 0 Å². The van der Waals surface area contributed by atoms with Gasteiger partial charge in [-0.2, -0.15) is 0 Å². The maximum Gasteiger partial charge on any atom is 0.191 e. The van der Waals surface area contributed by atoms with Crippen LogP contribution in [0, 0.1) is 11.8 Å². The zero-order valence-electron chi connectivity index (χ0n) is 15.0. The minimum absolute atomic E-state index is 0. The summed E-state index contributed by atoms with van der Waals surface area (Å²) in [5.74, 6) is 3.25. The van der Waals surface area contributed by atoms with Crippen molar-refractivity contribution in [3.05, 3.63) is 16.1 Å². The lowest BCUT2D eigenvalue weighted by molar-refractivity contribution is 0.315. The van der Waals surface area contributed by atoms with Gasteiger partial charge in [-0.1, -0.05) is 46.0 Å². The van der Waals surface area contributed by atoms with Gasteiger partial charge in [0.2, 0.25) is 0 Å². The topological polar surface area (TPSA) is 49.3 Å². The Labute approximate surface area is 167 Å². The van der Waals surface area contributed by atoms with Crippen molar-refractivity contribution in [2.24, 2.45) is 16.8 Å². The molecule has 0 saturated heterocycles. The predicted octanol–water partition coefficient (Wildman–Crippen LogP) is 4.52. The highest BCUT2D eigenvalue weighted by Gasteiger charge is 2.43. The van der Waals surface area contributed by atoms with E-state index in [0.29, 0.717) is 12.0 Å². The van der Waals surface area contributed by atoms with E-state index in [1.807, 2.05) is 7.05 Å². The zero-order chi connectivity index (χ0) is 16.2. The van der Waals surface area contributed by atoms with Gasteiger partial charge in [-0.25, -0.2) is 4.98 Å². The van der Waals surface area contributed by atoms with E-state index < -0.39 is 0 Å². The first-order valence-corrected chi connectivity index (χ1v) is 9.97. The lowest BCUT2D eigenvalue weighted by Crippen LogP contribution is -2.39. The molecule has 0 radical (unpaired) electrons. The van der Waals surface area contributed by atoms with Crippen LogP contribution < -0.4 is 10.6 Å². The molecule has 4 nitrogen and oxygen atoms in total. The van der Waals surface area contributed by atoms with Gasteiger partial charge < -0.3 is 10.6 Å². The SMILES string of the molecule is CN=C(NCc1nc(C(C)C)cs1)NC1CC1C1CCCCC1.I. The number of nitrogens with one attached hydrogen (secondary N) is 2. The molecule has 24 heavy (non-hydrogen) atoms. The zero-order valence-corrected chi connectivity index (χ0v) is 18.2. The van der Waals surface area contributed by atoms with Crippen LogP contribution in [0.1, 0.15) is 69.0 Å². The predicted molar refractivity (Wildman–Crippen MR) is 113 cm³/mol. The lowest BCUT2D eigenvalue weighted by Gasteiger charge is -2.22. The first-order chi connectivity index (χ1) is 11.2. The van der Waals surface area contributed by atoms with E-state index in [1.165, 1.54) is 44.2 Å². The average Bonchev–Trinajstić information content (AvgIpc) is 3.17. The summed E-state index contributed by atoms with van der Waals surface area (Å²) < 4.78 is 0. The molecular formula is C18H31IN4S. The molecule has 0 aromatic carbocycles. The molecule has 2 saturated carbocycles. The van der Waals surface area contributed by atoms with Crippen molar-refractivity contribution >= 4 is 41.3 Å². The van der Waals surface area contributed by atoms with E-state index in [2.05, 4.69) is 39.8 Å². The Hall–Kier alpha value is -0.370. The minimum Gasteiger partial charge on any atom is -0.353 e. The summed E-state index contributed by atoms with van der Waals surface area (Å²) in [7, 11) is 1.86. The van der Waals surface area contributed by atoms with Gasteiger partial charge in [0.25, 0.3) is 0 Å². The molecule has 0 aliphatic heterocycles. The van der Waals surface area contributed by atoms with Crippen molar-refractivity contribution in [1.82, 2.24) is 15.6 Å². The number of rotatable bonds is 5. The molecule has 3 rings (SSSR count). The van der Waals surface area contributed by atoms with E-state index in [0.717, 1.165) is 29.3 Å². The number of aromatic nitrogens is 1. The van der Waals surface area contributed by atoms with Gasteiger partial charge >= 0.3 is 0 Å². The van der Waals surface area contributed by atoms with Gasteiger partial charge in [0.05, 0.1) is 12.2 Å². The van der Waals surface area contributed by atoms with Crippen molar-refractivity contribution in [1.29, 1.82) is 0 Å². The molecule has 136 valence electrons. The van der Waals surface area contributed by atoms with Gasteiger partial charge in [0, 0.05) is 18.5 Å². The Balaban J connectivity index is 0.00000208. The molecule has 1 heterocycles. The molecule has 2 N–H and O–H groups in total. The third kappa shape index (κ3) is 5.31. The fourth-order valence-corrected chi connectivity index (χ4v) is 4.56. The first-order valence-electron chi connectivity index (χ1n) is 9.09. The summed E-state index contributed by atoms with van der Waals surface area (Å²) in [4.78, 5) is 9.05. The first kappa shape index (κ1) is 19.9. The van der Waals surface area contributed by atoms with E-state index >= 15 is 0 Å². The largest absolute Gasteiger partial charge is 0.353 e. The Morgan fingerprint density at radius 1 is 1.33 bits per heavy atom. The van der Waals surface area contributed by atoms with Crippen LogP contribution >= 0.6 is 35.3 Å². The van der Waals surface area contributed by atoms with Crippen LogP contribution in [0.15, 0.2) is 10.4 Å². The molecule has 2 unspecified atom stereocenters. The normalized spacial score (nSPS) is 24.6. The summed E-state index contributed by atoms with van der Waals surface area (Å²) in [5.41, 5.74) is 1.19. The van der Waals surface area contributed by atoms with Gasteiger partial charge in [-0.3, -0.25) is 4.99 Å². The third-order valence-electron chi connectivity index (χ3n) is 5.21.